The minimum atomic E-state index is -1.01. The maximum absolute atomic E-state index is 13.4. The highest BCUT2D eigenvalue weighted by Crippen LogP contribution is 2.35. The van der Waals surface area contributed by atoms with E-state index in [-0.39, 0.29) is 80.4 Å². The number of nitrogens with two attached hydrogens (primary N) is 1. The Hall–Kier alpha value is -4.49. The number of likely N-dealkylation sites (tertiary alicyclic amines) is 1. The van der Waals surface area contributed by atoms with Crippen LogP contribution in [0.4, 0.5) is 10.5 Å². The molecule has 1 aromatic rings. The van der Waals surface area contributed by atoms with Gasteiger partial charge in [-0.05, 0) is 48.3 Å². The van der Waals surface area contributed by atoms with Crippen molar-refractivity contribution in [1.82, 2.24) is 20.9 Å². The fourth-order valence-corrected chi connectivity index (χ4v) is 5.06. The third-order valence-corrected chi connectivity index (χ3v) is 8.02. The lowest BCUT2D eigenvalue weighted by Gasteiger charge is -2.26. The van der Waals surface area contributed by atoms with Gasteiger partial charge in [0.05, 0.1) is 11.8 Å². The zero-order chi connectivity index (χ0) is 36.2. The lowest BCUT2D eigenvalue weighted by atomic mass is 9.80. The molecule has 1 heterocycles. The molecule has 1 aromatic carbocycles. The Balaban J connectivity index is 2.02. The smallest absolute Gasteiger partial charge is 0.312 e. The van der Waals surface area contributed by atoms with E-state index in [0.29, 0.717) is 12.1 Å². The average Bonchev–Trinajstić information content (AvgIpc) is 3.29. The van der Waals surface area contributed by atoms with Crippen LogP contribution in [0.3, 0.4) is 0 Å². The summed E-state index contributed by atoms with van der Waals surface area (Å²) in [4.78, 5) is 88.8. The van der Waals surface area contributed by atoms with Gasteiger partial charge in [0, 0.05) is 31.6 Å². The molecule has 0 bridgehead atoms. The van der Waals surface area contributed by atoms with Gasteiger partial charge in [-0.25, -0.2) is 4.79 Å². The van der Waals surface area contributed by atoms with Gasteiger partial charge in [-0.2, -0.15) is 0 Å². The molecule has 1 fully saturated rings. The van der Waals surface area contributed by atoms with Crippen molar-refractivity contribution in [2.24, 2.45) is 28.9 Å². The molecular formula is C34H52N6O8. The van der Waals surface area contributed by atoms with Crippen molar-refractivity contribution in [2.75, 3.05) is 18.4 Å². The summed E-state index contributed by atoms with van der Waals surface area (Å²) in [5, 5.41) is 10.7. The van der Waals surface area contributed by atoms with Gasteiger partial charge in [0.2, 0.25) is 29.5 Å². The van der Waals surface area contributed by atoms with Crippen molar-refractivity contribution >= 4 is 47.2 Å². The standard InChI is InChI=1S/C34H52N6O8/c1-20(2)28(39-26(41)11-9-17-40-27(42)18-24(31(40)45)34(5,6)7)30(44)38-25(10-8-16-36-33(35)47)29(43)37-23-14-12-22(13-15-23)19-48-32(46)21(3)4/h12-15,20-21,24-25,28H,8-11,16-19H2,1-7H3,(H,37,43)(H,38,44)(H,39,41)(H3,35,36,47)/t24?,25-,28-/m0/s1. The summed E-state index contributed by atoms with van der Waals surface area (Å²) >= 11 is 0. The molecule has 266 valence electrons. The van der Waals surface area contributed by atoms with E-state index in [9.17, 15) is 33.6 Å². The number of anilines is 1. The molecule has 0 aliphatic carbocycles. The molecule has 1 aliphatic heterocycles. The quantitative estimate of drug-likeness (QED) is 0.0942. The topological polar surface area (TPSA) is 206 Å². The third kappa shape index (κ3) is 12.6. The Kier molecular flexibility index (Phi) is 15.0. The predicted octanol–water partition coefficient (Wildman–Crippen LogP) is 2.60. The zero-order valence-electron chi connectivity index (χ0n) is 29.1. The van der Waals surface area contributed by atoms with Crippen LogP contribution in [0.25, 0.3) is 0 Å². The molecule has 1 unspecified atom stereocenters. The van der Waals surface area contributed by atoms with Gasteiger partial charge in [-0.15, -0.1) is 0 Å². The Morgan fingerprint density at radius 1 is 0.958 bits per heavy atom. The Bertz CT molecular complexity index is 1320. The van der Waals surface area contributed by atoms with Crippen LogP contribution in [0.2, 0.25) is 0 Å². The number of rotatable bonds is 17. The number of urea groups is 1. The number of imide groups is 1. The van der Waals surface area contributed by atoms with E-state index in [2.05, 4.69) is 21.3 Å². The summed E-state index contributed by atoms with van der Waals surface area (Å²) in [6, 6.07) is 4.01. The van der Waals surface area contributed by atoms with Crippen molar-refractivity contribution in [3.05, 3.63) is 29.8 Å². The first-order chi connectivity index (χ1) is 22.4. The number of amides is 7. The normalized spacial score (nSPS) is 16.0. The number of carbonyl (C=O) groups excluding carboxylic acids is 7. The number of nitrogens with one attached hydrogen (secondary N) is 4. The maximum atomic E-state index is 13.4. The highest BCUT2D eigenvalue weighted by Gasteiger charge is 2.44. The molecule has 0 spiro atoms. The molecule has 14 heteroatoms. The van der Waals surface area contributed by atoms with Gasteiger partial charge >= 0.3 is 12.0 Å². The summed E-state index contributed by atoms with van der Waals surface area (Å²) < 4.78 is 5.23. The van der Waals surface area contributed by atoms with Crippen LogP contribution in [-0.2, 0) is 40.1 Å². The van der Waals surface area contributed by atoms with Gasteiger partial charge in [-0.1, -0.05) is 60.6 Å². The number of benzene rings is 1. The van der Waals surface area contributed by atoms with Gasteiger partial charge < -0.3 is 31.7 Å². The van der Waals surface area contributed by atoms with Crippen LogP contribution in [0.15, 0.2) is 24.3 Å². The summed E-state index contributed by atoms with van der Waals surface area (Å²) in [7, 11) is 0. The number of hydrogen-bond acceptors (Lipinski definition) is 8. The fourth-order valence-electron chi connectivity index (χ4n) is 5.06. The first kappa shape index (κ1) is 39.7. The maximum Gasteiger partial charge on any atom is 0.312 e. The van der Waals surface area contributed by atoms with Crippen LogP contribution < -0.4 is 27.0 Å². The van der Waals surface area contributed by atoms with Crippen molar-refractivity contribution in [3.8, 4) is 0 Å². The summed E-state index contributed by atoms with van der Waals surface area (Å²) in [5.74, 6) is -3.30. The SMILES string of the molecule is CC(C)C(=O)OCc1ccc(NC(=O)[C@H](CCCNC(N)=O)NC(=O)[C@@H](NC(=O)CCCN2C(=O)CC(C(C)(C)C)C2=O)C(C)C)cc1. The second-order valence-corrected chi connectivity index (χ2v) is 13.8. The lowest BCUT2D eigenvalue weighted by Crippen LogP contribution is -2.54. The highest BCUT2D eigenvalue weighted by molar-refractivity contribution is 6.04. The van der Waals surface area contributed by atoms with E-state index in [4.69, 9.17) is 10.5 Å². The van der Waals surface area contributed by atoms with Crippen molar-refractivity contribution in [1.29, 1.82) is 0 Å². The van der Waals surface area contributed by atoms with E-state index < -0.39 is 41.8 Å². The lowest BCUT2D eigenvalue weighted by molar-refractivity contribution is -0.148. The van der Waals surface area contributed by atoms with Crippen LogP contribution in [0, 0.1) is 23.2 Å². The number of ether oxygens (including phenoxy) is 1. The molecule has 0 aromatic heterocycles. The van der Waals surface area contributed by atoms with Gasteiger partial charge in [0.15, 0.2) is 0 Å². The Morgan fingerprint density at radius 2 is 1.60 bits per heavy atom. The first-order valence-corrected chi connectivity index (χ1v) is 16.4. The van der Waals surface area contributed by atoms with E-state index >= 15 is 0 Å². The van der Waals surface area contributed by atoms with E-state index in [1.54, 1.807) is 52.0 Å². The fraction of sp³-hybridized carbons (Fsp3) is 0.618. The van der Waals surface area contributed by atoms with Crippen LogP contribution in [0.1, 0.15) is 86.1 Å². The summed E-state index contributed by atoms with van der Waals surface area (Å²) in [5.41, 5.74) is 5.97. The summed E-state index contributed by atoms with van der Waals surface area (Å²) in [6.45, 7) is 13.1. The minimum Gasteiger partial charge on any atom is -0.461 e. The molecule has 1 saturated heterocycles. The van der Waals surface area contributed by atoms with E-state index in [1.807, 2.05) is 20.8 Å². The number of hydrogen-bond donors (Lipinski definition) is 5. The second kappa shape index (κ2) is 18.2. The van der Waals surface area contributed by atoms with Crippen molar-refractivity contribution in [3.63, 3.8) is 0 Å². The van der Waals surface area contributed by atoms with E-state index in [0.717, 1.165) is 5.56 Å². The third-order valence-electron chi connectivity index (χ3n) is 8.02. The molecule has 3 atom stereocenters. The number of carbonyl (C=O) groups is 7. The monoisotopic (exact) mass is 672 g/mol. The molecule has 2 rings (SSSR count). The van der Waals surface area contributed by atoms with Crippen molar-refractivity contribution in [2.45, 2.75) is 99.3 Å². The molecule has 0 saturated carbocycles. The van der Waals surface area contributed by atoms with Crippen LogP contribution in [-0.4, -0.2) is 71.6 Å². The van der Waals surface area contributed by atoms with E-state index in [1.165, 1.54) is 4.90 Å². The molecule has 48 heavy (non-hydrogen) atoms. The molecule has 0 radical (unpaired) electrons. The zero-order valence-corrected chi connectivity index (χ0v) is 29.1. The van der Waals surface area contributed by atoms with Gasteiger partial charge in [0.1, 0.15) is 18.7 Å². The molecule has 14 nitrogen and oxygen atoms in total. The predicted molar refractivity (Wildman–Crippen MR) is 179 cm³/mol. The molecular weight excluding hydrogens is 620 g/mol. The second-order valence-electron chi connectivity index (χ2n) is 13.8. The number of nitrogens with zero attached hydrogens (tertiary/aromatic N) is 1. The minimum absolute atomic E-state index is 0.0108. The largest absolute Gasteiger partial charge is 0.461 e. The van der Waals surface area contributed by atoms with Crippen LogP contribution in [0.5, 0.6) is 0 Å². The highest BCUT2D eigenvalue weighted by atomic mass is 16.5. The first-order valence-electron chi connectivity index (χ1n) is 16.4. The molecule has 7 amide bonds. The van der Waals surface area contributed by atoms with Gasteiger partial charge in [0.25, 0.3) is 0 Å². The number of esters is 1. The Labute approximate surface area is 282 Å². The molecule has 1 aliphatic rings. The number of primary amides is 1. The summed E-state index contributed by atoms with van der Waals surface area (Å²) in [6.07, 6.45) is 0.863. The molecule has 6 N–H and O–H groups in total. The van der Waals surface area contributed by atoms with Gasteiger partial charge in [-0.3, -0.25) is 33.7 Å². The van der Waals surface area contributed by atoms with Crippen LogP contribution >= 0.6 is 0 Å². The Morgan fingerprint density at radius 3 is 2.15 bits per heavy atom. The van der Waals surface area contributed by atoms with Crippen molar-refractivity contribution < 1.29 is 38.3 Å². The average molecular weight is 673 g/mol.